The van der Waals surface area contributed by atoms with Crippen molar-refractivity contribution in [3.05, 3.63) is 58.4 Å². The maximum Gasteiger partial charge on any atom is 0.247 e. The zero-order valence-corrected chi connectivity index (χ0v) is 17.3. The third-order valence-corrected chi connectivity index (χ3v) is 5.12. The van der Waals surface area contributed by atoms with E-state index in [1.54, 1.807) is 35.2 Å². The average molecular weight is 420 g/mol. The smallest absolute Gasteiger partial charge is 0.247 e. The van der Waals surface area contributed by atoms with Crippen LogP contribution >= 0.6 is 11.6 Å². The first-order valence-electron chi connectivity index (χ1n) is 9.20. The van der Waals surface area contributed by atoms with Crippen LogP contribution in [0, 0.1) is 5.82 Å². The molecule has 0 unspecified atom stereocenters. The number of carbonyl (C=O) groups excluding carboxylic acids is 1. The van der Waals surface area contributed by atoms with Gasteiger partial charge in [-0.3, -0.25) is 4.79 Å². The van der Waals surface area contributed by atoms with E-state index in [0.29, 0.717) is 33.4 Å². The molecule has 2 aromatic carbocycles. The zero-order chi connectivity index (χ0) is 21.0. The summed E-state index contributed by atoms with van der Waals surface area (Å²) in [5.41, 5.74) is 1.04. The van der Waals surface area contributed by atoms with Gasteiger partial charge in [-0.25, -0.2) is 4.39 Å². The van der Waals surface area contributed by atoms with E-state index in [0.717, 1.165) is 12.8 Å². The Morgan fingerprint density at radius 1 is 1.17 bits per heavy atom. The number of halogens is 2. The van der Waals surface area contributed by atoms with Gasteiger partial charge < -0.3 is 19.1 Å². The summed E-state index contributed by atoms with van der Waals surface area (Å²) < 4.78 is 30.1. The Kier molecular flexibility index (Phi) is 6.64. The van der Waals surface area contributed by atoms with Gasteiger partial charge in [-0.15, -0.1) is 0 Å². The summed E-state index contributed by atoms with van der Waals surface area (Å²) >= 11 is 6.14. The molecular weight excluding hydrogens is 397 g/mol. The van der Waals surface area contributed by atoms with Crippen LogP contribution in [-0.2, 0) is 11.3 Å². The van der Waals surface area contributed by atoms with Gasteiger partial charge in [0, 0.05) is 22.7 Å². The minimum Gasteiger partial charge on any atom is -0.493 e. The van der Waals surface area contributed by atoms with Crippen LogP contribution in [0.4, 0.5) is 4.39 Å². The summed E-state index contributed by atoms with van der Waals surface area (Å²) in [6, 6.07) is 8.13. The Morgan fingerprint density at radius 3 is 2.34 bits per heavy atom. The maximum absolute atomic E-state index is 14.2. The molecule has 1 saturated carbocycles. The number of carbonyl (C=O) groups is 1. The van der Waals surface area contributed by atoms with Gasteiger partial charge in [-0.1, -0.05) is 17.7 Å². The quantitative estimate of drug-likeness (QED) is 0.581. The van der Waals surface area contributed by atoms with Crippen LogP contribution in [-0.4, -0.2) is 38.2 Å². The monoisotopic (exact) mass is 419 g/mol. The van der Waals surface area contributed by atoms with Crippen molar-refractivity contribution in [3.8, 4) is 17.2 Å². The van der Waals surface area contributed by atoms with E-state index in [1.165, 1.54) is 33.5 Å². The standard InChI is InChI=1S/C22H23ClFNO4/c1-27-19-11-14(12-20(28-2)22(19)29-3)7-10-21(26)25(15-8-9-15)13-16-17(23)5-4-6-18(16)24/h4-7,10-12,15H,8-9,13H2,1-3H3/b10-7+. The minimum absolute atomic E-state index is 0.0998. The van der Waals surface area contributed by atoms with Crippen molar-refractivity contribution < 1.29 is 23.4 Å². The lowest BCUT2D eigenvalue weighted by atomic mass is 10.1. The molecule has 0 bridgehead atoms. The predicted molar refractivity (Wildman–Crippen MR) is 110 cm³/mol. The van der Waals surface area contributed by atoms with E-state index in [-0.39, 0.29) is 18.5 Å². The van der Waals surface area contributed by atoms with Gasteiger partial charge in [0.05, 0.1) is 27.9 Å². The van der Waals surface area contributed by atoms with Crippen LogP contribution in [0.3, 0.4) is 0 Å². The second-order valence-electron chi connectivity index (χ2n) is 6.69. The molecule has 1 amide bonds. The van der Waals surface area contributed by atoms with Crippen molar-refractivity contribution in [3.63, 3.8) is 0 Å². The van der Waals surface area contributed by atoms with Gasteiger partial charge in [0.1, 0.15) is 5.82 Å². The summed E-state index contributed by atoms with van der Waals surface area (Å²) in [5.74, 6) is 0.852. The number of hydrogen-bond acceptors (Lipinski definition) is 4. The van der Waals surface area contributed by atoms with Gasteiger partial charge in [-0.05, 0) is 48.7 Å². The fourth-order valence-corrected chi connectivity index (χ4v) is 3.31. The summed E-state index contributed by atoms with van der Waals surface area (Å²) in [6.45, 7) is 0.134. The van der Waals surface area contributed by atoms with Gasteiger partial charge in [0.25, 0.3) is 0 Å². The third kappa shape index (κ3) is 4.82. The zero-order valence-electron chi connectivity index (χ0n) is 16.6. The molecule has 2 aromatic rings. The molecule has 0 N–H and O–H groups in total. The number of hydrogen-bond donors (Lipinski definition) is 0. The van der Waals surface area contributed by atoms with E-state index >= 15 is 0 Å². The van der Waals surface area contributed by atoms with Crippen molar-refractivity contribution in [2.24, 2.45) is 0 Å². The fraction of sp³-hybridized carbons (Fsp3) is 0.318. The number of amides is 1. The SMILES string of the molecule is COc1cc(/C=C/C(=O)N(Cc2c(F)cccc2Cl)C2CC2)cc(OC)c1OC. The molecule has 0 radical (unpaired) electrons. The van der Waals surface area contributed by atoms with E-state index in [9.17, 15) is 9.18 Å². The van der Waals surface area contributed by atoms with Crippen LogP contribution in [0.15, 0.2) is 36.4 Å². The van der Waals surface area contributed by atoms with Gasteiger partial charge >= 0.3 is 0 Å². The molecule has 0 aliphatic heterocycles. The second kappa shape index (κ2) is 9.18. The number of rotatable bonds is 8. The Labute approximate surface area is 174 Å². The highest BCUT2D eigenvalue weighted by Gasteiger charge is 2.32. The molecule has 7 heteroatoms. The molecule has 5 nitrogen and oxygen atoms in total. The highest BCUT2D eigenvalue weighted by atomic mass is 35.5. The molecule has 0 heterocycles. The first-order valence-corrected chi connectivity index (χ1v) is 9.57. The molecule has 0 aromatic heterocycles. The van der Waals surface area contributed by atoms with Crippen LogP contribution in [0.25, 0.3) is 6.08 Å². The van der Waals surface area contributed by atoms with Gasteiger partial charge in [0.15, 0.2) is 11.5 Å². The molecular formula is C22H23ClFNO4. The summed E-state index contributed by atoms with van der Waals surface area (Å²) in [4.78, 5) is 14.5. The molecule has 29 heavy (non-hydrogen) atoms. The summed E-state index contributed by atoms with van der Waals surface area (Å²) in [7, 11) is 4.59. The number of nitrogens with zero attached hydrogens (tertiary/aromatic N) is 1. The molecule has 0 saturated heterocycles. The minimum atomic E-state index is -0.412. The lowest BCUT2D eigenvalue weighted by Crippen LogP contribution is -2.31. The first kappa shape index (κ1) is 21.0. The van der Waals surface area contributed by atoms with Crippen molar-refractivity contribution in [1.82, 2.24) is 4.90 Å². The summed E-state index contributed by atoms with van der Waals surface area (Å²) in [6.07, 6.45) is 4.94. The average Bonchev–Trinajstić information content (AvgIpc) is 3.56. The van der Waals surface area contributed by atoms with Crippen LogP contribution in [0.5, 0.6) is 17.2 Å². The summed E-state index contributed by atoms with van der Waals surface area (Å²) in [5, 5.41) is 0.317. The van der Waals surface area contributed by atoms with Crippen molar-refractivity contribution in [2.75, 3.05) is 21.3 Å². The predicted octanol–water partition coefficient (Wildman–Crippen LogP) is 4.71. The highest BCUT2D eigenvalue weighted by molar-refractivity contribution is 6.31. The first-order chi connectivity index (χ1) is 14.0. The molecule has 0 atom stereocenters. The number of ether oxygens (including phenoxy) is 3. The lowest BCUT2D eigenvalue weighted by molar-refractivity contribution is -0.127. The van der Waals surface area contributed by atoms with Crippen molar-refractivity contribution in [2.45, 2.75) is 25.4 Å². The van der Waals surface area contributed by atoms with Gasteiger partial charge in [0.2, 0.25) is 11.7 Å². The Morgan fingerprint density at radius 2 is 1.83 bits per heavy atom. The molecule has 0 spiro atoms. The van der Waals surface area contributed by atoms with Crippen LogP contribution in [0.2, 0.25) is 5.02 Å². The van der Waals surface area contributed by atoms with Crippen LogP contribution in [0.1, 0.15) is 24.0 Å². The Bertz CT molecular complexity index is 882. The Balaban J connectivity index is 1.83. The van der Waals surface area contributed by atoms with Crippen molar-refractivity contribution in [1.29, 1.82) is 0 Å². The molecule has 1 aliphatic carbocycles. The molecule has 1 fully saturated rings. The van der Waals surface area contributed by atoms with Crippen LogP contribution < -0.4 is 14.2 Å². The van der Waals surface area contributed by atoms with Crippen molar-refractivity contribution >= 4 is 23.6 Å². The lowest BCUT2D eigenvalue weighted by Gasteiger charge is -2.22. The topological polar surface area (TPSA) is 48.0 Å². The van der Waals surface area contributed by atoms with E-state index < -0.39 is 5.82 Å². The molecule has 154 valence electrons. The Hall–Kier alpha value is -2.73. The third-order valence-electron chi connectivity index (χ3n) is 4.77. The molecule has 1 aliphatic rings. The fourth-order valence-electron chi connectivity index (χ4n) is 3.09. The highest BCUT2D eigenvalue weighted by Crippen LogP contribution is 2.38. The van der Waals surface area contributed by atoms with E-state index in [4.69, 9.17) is 25.8 Å². The van der Waals surface area contributed by atoms with E-state index in [2.05, 4.69) is 0 Å². The molecule has 3 rings (SSSR count). The largest absolute Gasteiger partial charge is 0.493 e. The van der Waals surface area contributed by atoms with E-state index in [1.807, 2.05) is 0 Å². The number of benzene rings is 2. The second-order valence-corrected chi connectivity index (χ2v) is 7.10. The maximum atomic E-state index is 14.2. The van der Waals surface area contributed by atoms with Gasteiger partial charge in [-0.2, -0.15) is 0 Å². The number of methoxy groups -OCH3 is 3. The normalized spacial score (nSPS) is 13.4.